The van der Waals surface area contributed by atoms with Gasteiger partial charge in [-0.05, 0) is 30.7 Å². The third-order valence-corrected chi connectivity index (χ3v) is 3.08. The molecule has 0 saturated carbocycles. The minimum Gasteiger partial charge on any atom is -0.508 e. The van der Waals surface area contributed by atoms with Crippen molar-refractivity contribution in [2.45, 2.75) is 13.5 Å². The van der Waals surface area contributed by atoms with Crippen LogP contribution in [0.1, 0.15) is 17.0 Å². The van der Waals surface area contributed by atoms with Crippen molar-refractivity contribution in [1.29, 1.82) is 5.26 Å². The van der Waals surface area contributed by atoms with E-state index in [1.807, 2.05) is 30.7 Å². The van der Waals surface area contributed by atoms with Gasteiger partial charge in [-0.15, -0.1) is 0 Å². The number of hydrogen-bond donors (Lipinski definition) is 2. The lowest BCUT2D eigenvalue weighted by atomic mass is 10.2. The minimum absolute atomic E-state index is 0.238. The lowest BCUT2D eigenvalue weighted by Crippen LogP contribution is -2.01. The monoisotopic (exact) mass is 241 g/mol. The van der Waals surface area contributed by atoms with Crippen molar-refractivity contribution in [2.75, 3.05) is 5.32 Å². The van der Waals surface area contributed by atoms with E-state index >= 15 is 0 Å². The van der Waals surface area contributed by atoms with Crippen LogP contribution in [-0.2, 0) is 13.6 Å². The molecular formula is C14H15N3O. The fourth-order valence-electron chi connectivity index (χ4n) is 1.86. The molecule has 92 valence electrons. The predicted octanol–water partition coefficient (Wildman–Crippen LogP) is 2.52. The fraction of sp³-hybridized carbons (Fsp3) is 0.214. The third kappa shape index (κ3) is 2.30. The topological polar surface area (TPSA) is 61.0 Å². The van der Waals surface area contributed by atoms with Gasteiger partial charge in [-0.25, -0.2) is 0 Å². The Morgan fingerprint density at radius 3 is 2.78 bits per heavy atom. The zero-order chi connectivity index (χ0) is 13.1. The zero-order valence-electron chi connectivity index (χ0n) is 10.4. The van der Waals surface area contributed by atoms with Crippen LogP contribution in [-0.4, -0.2) is 9.67 Å². The van der Waals surface area contributed by atoms with Crippen molar-refractivity contribution in [3.63, 3.8) is 0 Å². The van der Waals surface area contributed by atoms with Gasteiger partial charge in [-0.2, -0.15) is 5.26 Å². The van der Waals surface area contributed by atoms with E-state index in [0.717, 1.165) is 16.9 Å². The molecule has 0 aliphatic heterocycles. The number of nitriles is 1. The molecule has 2 aromatic rings. The molecule has 18 heavy (non-hydrogen) atoms. The molecule has 2 N–H and O–H groups in total. The van der Waals surface area contributed by atoms with E-state index in [2.05, 4.69) is 11.4 Å². The Kier molecular flexibility index (Phi) is 3.24. The molecule has 0 aliphatic rings. The highest BCUT2D eigenvalue weighted by Gasteiger charge is 2.08. The van der Waals surface area contributed by atoms with Crippen LogP contribution in [0, 0.1) is 18.3 Å². The smallest absolute Gasteiger partial charge is 0.120 e. The second-order valence-electron chi connectivity index (χ2n) is 4.21. The molecule has 4 nitrogen and oxygen atoms in total. The van der Waals surface area contributed by atoms with Crippen LogP contribution in [0.25, 0.3) is 0 Å². The summed E-state index contributed by atoms with van der Waals surface area (Å²) in [7, 11) is 1.88. The Morgan fingerprint density at radius 1 is 1.39 bits per heavy atom. The van der Waals surface area contributed by atoms with Gasteiger partial charge in [-0.1, -0.05) is 6.07 Å². The first-order chi connectivity index (χ1) is 8.61. The fourth-order valence-corrected chi connectivity index (χ4v) is 1.86. The van der Waals surface area contributed by atoms with Crippen molar-refractivity contribution < 1.29 is 5.11 Å². The summed E-state index contributed by atoms with van der Waals surface area (Å²) >= 11 is 0. The number of phenolic OH excluding ortho intramolecular Hbond substituents is 1. The van der Waals surface area contributed by atoms with E-state index in [9.17, 15) is 5.11 Å². The second kappa shape index (κ2) is 4.84. The van der Waals surface area contributed by atoms with Gasteiger partial charge in [0.1, 0.15) is 17.5 Å². The van der Waals surface area contributed by atoms with E-state index in [1.54, 1.807) is 18.2 Å². The highest BCUT2D eigenvalue weighted by molar-refractivity contribution is 5.48. The molecule has 0 spiro atoms. The molecule has 0 unspecified atom stereocenters. The van der Waals surface area contributed by atoms with Crippen LogP contribution < -0.4 is 5.32 Å². The predicted molar refractivity (Wildman–Crippen MR) is 70.3 cm³/mol. The van der Waals surface area contributed by atoms with Crippen molar-refractivity contribution in [3.05, 3.63) is 47.3 Å². The maximum absolute atomic E-state index is 9.36. The van der Waals surface area contributed by atoms with E-state index in [0.29, 0.717) is 12.2 Å². The molecule has 0 aliphatic carbocycles. The summed E-state index contributed by atoms with van der Waals surface area (Å²) in [6, 6.07) is 11.0. The summed E-state index contributed by atoms with van der Waals surface area (Å²) in [5.41, 5.74) is 3.66. The molecule has 0 saturated heterocycles. The summed E-state index contributed by atoms with van der Waals surface area (Å²) in [5, 5.41) is 21.5. The molecule has 0 fully saturated rings. The maximum Gasteiger partial charge on any atom is 0.120 e. The van der Waals surface area contributed by atoms with E-state index < -0.39 is 0 Å². The second-order valence-corrected chi connectivity index (χ2v) is 4.21. The lowest BCUT2D eigenvalue weighted by molar-refractivity contribution is 0.475. The number of nitrogens with zero attached hydrogens (tertiary/aromatic N) is 2. The summed E-state index contributed by atoms with van der Waals surface area (Å²) < 4.78 is 1.87. The average molecular weight is 241 g/mol. The number of aromatic hydroxyl groups is 1. The average Bonchev–Trinajstić information content (AvgIpc) is 2.64. The van der Waals surface area contributed by atoms with E-state index in [1.165, 1.54) is 0 Å². The number of hydrogen-bond acceptors (Lipinski definition) is 3. The van der Waals surface area contributed by atoms with Gasteiger partial charge < -0.3 is 15.0 Å². The number of benzene rings is 1. The minimum atomic E-state index is 0.238. The lowest BCUT2D eigenvalue weighted by Gasteiger charge is -2.07. The first-order valence-electron chi connectivity index (χ1n) is 5.70. The molecule has 1 aromatic carbocycles. The standard InChI is InChI=1S/C14H15N3O/c1-10-11(6-13(8-15)17(10)2)9-16-12-4-3-5-14(18)7-12/h3-7,16,18H,9H2,1-2H3. The highest BCUT2D eigenvalue weighted by atomic mass is 16.3. The Bertz CT molecular complexity index is 608. The quantitative estimate of drug-likeness (QED) is 0.868. The Balaban J connectivity index is 2.14. The first kappa shape index (κ1) is 12.1. The van der Waals surface area contributed by atoms with Gasteiger partial charge in [0.05, 0.1) is 0 Å². The van der Waals surface area contributed by atoms with Crippen molar-refractivity contribution in [2.24, 2.45) is 7.05 Å². The van der Waals surface area contributed by atoms with Crippen LogP contribution in [0.4, 0.5) is 5.69 Å². The molecule has 0 radical (unpaired) electrons. The van der Waals surface area contributed by atoms with E-state index in [-0.39, 0.29) is 5.75 Å². The number of nitrogens with one attached hydrogen (secondary N) is 1. The van der Waals surface area contributed by atoms with Crippen molar-refractivity contribution in [1.82, 2.24) is 4.57 Å². The van der Waals surface area contributed by atoms with Gasteiger partial charge >= 0.3 is 0 Å². The molecular weight excluding hydrogens is 226 g/mol. The Hall–Kier alpha value is -2.41. The normalized spacial score (nSPS) is 10.1. The summed E-state index contributed by atoms with van der Waals surface area (Å²) in [6.45, 7) is 2.62. The largest absolute Gasteiger partial charge is 0.508 e. The molecule has 1 heterocycles. The van der Waals surface area contributed by atoms with Crippen molar-refractivity contribution in [3.8, 4) is 11.8 Å². The van der Waals surface area contributed by atoms with Gasteiger partial charge in [0.2, 0.25) is 0 Å². The number of rotatable bonds is 3. The Labute approximate surface area is 106 Å². The first-order valence-corrected chi connectivity index (χ1v) is 5.70. The van der Waals surface area contributed by atoms with E-state index in [4.69, 9.17) is 5.26 Å². The Morgan fingerprint density at radius 2 is 2.17 bits per heavy atom. The summed E-state index contributed by atoms with van der Waals surface area (Å²) in [4.78, 5) is 0. The third-order valence-electron chi connectivity index (χ3n) is 3.08. The SMILES string of the molecule is Cc1c(CNc2cccc(O)c2)cc(C#N)n1C. The van der Waals surface area contributed by atoms with Gasteiger partial charge in [0, 0.05) is 31.0 Å². The van der Waals surface area contributed by atoms with Crippen LogP contribution in [0.2, 0.25) is 0 Å². The molecule has 0 atom stereocenters. The van der Waals surface area contributed by atoms with Crippen LogP contribution in [0.3, 0.4) is 0 Å². The summed E-state index contributed by atoms with van der Waals surface area (Å²) in [6.07, 6.45) is 0. The molecule has 1 aromatic heterocycles. The number of phenols is 1. The molecule has 2 rings (SSSR count). The maximum atomic E-state index is 9.36. The van der Waals surface area contributed by atoms with Gasteiger partial charge in [0.25, 0.3) is 0 Å². The number of aromatic nitrogens is 1. The zero-order valence-corrected chi connectivity index (χ0v) is 10.4. The molecule has 4 heteroatoms. The van der Waals surface area contributed by atoms with Crippen LogP contribution in [0.5, 0.6) is 5.75 Å². The highest BCUT2D eigenvalue weighted by Crippen LogP contribution is 2.18. The van der Waals surface area contributed by atoms with Gasteiger partial charge in [0.15, 0.2) is 0 Å². The number of anilines is 1. The molecule has 0 amide bonds. The summed E-state index contributed by atoms with van der Waals surface area (Å²) in [5.74, 6) is 0.238. The van der Waals surface area contributed by atoms with Crippen molar-refractivity contribution >= 4 is 5.69 Å². The van der Waals surface area contributed by atoms with Crippen LogP contribution >= 0.6 is 0 Å². The van der Waals surface area contributed by atoms with Gasteiger partial charge in [-0.3, -0.25) is 0 Å². The molecule has 0 bridgehead atoms. The van der Waals surface area contributed by atoms with Crippen LogP contribution in [0.15, 0.2) is 30.3 Å².